The van der Waals surface area contributed by atoms with Crippen LogP contribution < -0.4 is 4.74 Å². The first-order valence-electron chi connectivity index (χ1n) is 11.1. The van der Waals surface area contributed by atoms with E-state index >= 15 is 0 Å². The average molecular weight is 483 g/mol. The molecule has 0 saturated carbocycles. The van der Waals surface area contributed by atoms with Crippen molar-refractivity contribution in [3.05, 3.63) is 105 Å². The monoisotopic (exact) mass is 482 g/mol. The summed E-state index contributed by atoms with van der Waals surface area (Å²) in [6, 6.07) is 24.0. The molecular formula is C28H19ClN2O2S. The Bertz CT molecular complexity index is 1510. The van der Waals surface area contributed by atoms with Gasteiger partial charge in [-0.1, -0.05) is 41.9 Å². The second kappa shape index (κ2) is 8.67. The van der Waals surface area contributed by atoms with Crippen LogP contribution in [0.5, 0.6) is 11.6 Å². The fourth-order valence-electron chi connectivity index (χ4n) is 4.31. The van der Waals surface area contributed by atoms with Crippen LogP contribution in [0, 0.1) is 0 Å². The summed E-state index contributed by atoms with van der Waals surface area (Å²) in [6.07, 6.45) is 3.23. The van der Waals surface area contributed by atoms with Gasteiger partial charge in [0.05, 0.1) is 5.39 Å². The lowest BCUT2D eigenvalue weighted by atomic mass is 10.0. The van der Waals surface area contributed by atoms with Crippen molar-refractivity contribution < 1.29 is 9.53 Å². The maximum absolute atomic E-state index is 12.7. The highest BCUT2D eigenvalue weighted by molar-refractivity contribution is 7.19. The summed E-state index contributed by atoms with van der Waals surface area (Å²) in [6.45, 7) is 0. The van der Waals surface area contributed by atoms with E-state index in [9.17, 15) is 4.79 Å². The topological polar surface area (TPSA) is 52.1 Å². The number of ketones is 1. The summed E-state index contributed by atoms with van der Waals surface area (Å²) >= 11 is 7.80. The minimum Gasteiger partial charge on any atom is -0.438 e. The molecule has 0 atom stereocenters. The van der Waals surface area contributed by atoms with Crippen molar-refractivity contribution in [3.63, 3.8) is 0 Å². The minimum atomic E-state index is -0.0164. The molecule has 0 spiro atoms. The van der Waals surface area contributed by atoms with Gasteiger partial charge in [0.25, 0.3) is 0 Å². The number of carbonyl (C=O) groups excluding carboxylic acids is 1. The Morgan fingerprint density at radius 3 is 2.35 bits per heavy atom. The summed E-state index contributed by atoms with van der Waals surface area (Å²) in [4.78, 5) is 24.7. The maximum atomic E-state index is 12.7. The Morgan fingerprint density at radius 2 is 1.59 bits per heavy atom. The van der Waals surface area contributed by atoms with Crippen LogP contribution >= 0.6 is 22.9 Å². The third kappa shape index (κ3) is 3.87. The van der Waals surface area contributed by atoms with Gasteiger partial charge < -0.3 is 4.74 Å². The number of nitrogens with zero attached hydrogens (tertiary/aromatic N) is 2. The lowest BCUT2D eigenvalue weighted by molar-refractivity contribution is 0.103. The molecule has 0 fully saturated rings. The van der Waals surface area contributed by atoms with E-state index in [0.717, 1.165) is 35.0 Å². The van der Waals surface area contributed by atoms with E-state index in [2.05, 4.69) is 0 Å². The number of aromatic nitrogens is 2. The molecule has 34 heavy (non-hydrogen) atoms. The molecular weight excluding hydrogens is 464 g/mol. The van der Waals surface area contributed by atoms with Gasteiger partial charge in [-0.3, -0.25) is 4.79 Å². The number of benzene rings is 3. The van der Waals surface area contributed by atoms with E-state index in [4.69, 9.17) is 26.3 Å². The number of hydrogen-bond acceptors (Lipinski definition) is 5. The zero-order valence-corrected chi connectivity index (χ0v) is 19.7. The van der Waals surface area contributed by atoms with E-state index in [1.54, 1.807) is 23.5 Å². The highest BCUT2D eigenvalue weighted by Crippen LogP contribution is 2.42. The Balaban J connectivity index is 1.38. The maximum Gasteiger partial charge on any atom is 0.231 e. The first-order valence-corrected chi connectivity index (χ1v) is 12.3. The van der Waals surface area contributed by atoms with Crippen LogP contribution in [0.3, 0.4) is 0 Å². The summed E-state index contributed by atoms with van der Waals surface area (Å²) in [5.74, 6) is 1.77. The van der Waals surface area contributed by atoms with Crippen LogP contribution in [0.1, 0.15) is 32.8 Å². The van der Waals surface area contributed by atoms with Gasteiger partial charge >= 0.3 is 0 Å². The standard InChI is InChI=1S/C28H19ClN2O2S/c29-20-13-9-19(10-14-20)26-30-27(24-22-7-4-8-23(22)34-28(24)31-26)33-21-15-11-18(12-16-21)25(32)17-5-2-1-3-6-17/h1-3,5-6,9-16H,4,7-8H2. The predicted octanol–water partition coefficient (Wildman–Crippen LogP) is 7.52. The van der Waals surface area contributed by atoms with Crippen LogP contribution in [0.2, 0.25) is 5.02 Å². The first kappa shape index (κ1) is 21.0. The third-order valence-corrected chi connectivity index (χ3v) is 7.44. The molecule has 6 heteroatoms. The van der Waals surface area contributed by atoms with E-state index in [1.807, 2.05) is 66.7 Å². The number of aryl methyl sites for hydroxylation is 2. The van der Waals surface area contributed by atoms with Crippen molar-refractivity contribution in [1.82, 2.24) is 9.97 Å². The van der Waals surface area contributed by atoms with Crippen molar-refractivity contribution >= 4 is 38.9 Å². The predicted molar refractivity (Wildman–Crippen MR) is 136 cm³/mol. The van der Waals surface area contributed by atoms with Gasteiger partial charge in [0.1, 0.15) is 10.6 Å². The largest absolute Gasteiger partial charge is 0.438 e. The fourth-order valence-corrected chi connectivity index (χ4v) is 5.68. The number of thiophene rings is 1. The lowest BCUT2D eigenvalue weighted by Crippen LogP contribution is -2.01. The molecule has 4 nitrogen and oxygen atoms in total. The van der Waals surface area contributed by atoms with Crippen LogP contribution in [0.25, 0.3) is 21.6 Å². The van der Waals surface area contributed by atoms with Crippen molar-refractivity contribution in [2.45, 2.75) is 19.3 Å². The Hall–Kier alpha value is -3.54. The molecule has 6 rings (SSSR count). The molecule has 166 valence electrons. The number of rotatable bonds is 5. The minimum absolute atomic E-state index is 0.0164. The van der Waals surface area contributed by atoms with Crippen molar-refractivity contribution in [2.75, 3.05) is 0 Å². The van der Waals surface area contributed by atoms with Gasteiger partial charge in [0, 0.05) is 26.6 Å². The number of halogens is 1. The SMILES string of the molecule is O=C(c1ccccc1)c1ccc(Oc2nc(-c3ccc(Cl)cc3)nc3sc4c(c23)CCC4)cc1. The van der Waals surface area contributed by atoms with Crippen molar-refractivity contribution in [1.29, 1.82) is 0 Å². The number of carbonyl (C=O) groups is 1. The van der Waals surface area contributed by atoms with Crippen molar-refractivity contribution in [2.24, 2.45) is 0 Å². The normalized spacial score (nSPS) is 12.6. The van der Waals surface area contributed by atoms with E-state index in [0.29, 0.717) is 33.6 Å². The molecule has 2 aromatic heterocycles. The summed E-state index contributed by atoms with van der Waals surface area (Å²) in [5, 5.41) is 1.67. The highest BCUT2D eigenvalue weighted by atomic mass is 35.5. The zero-order chi connectivity index (χ0) is 23.1. The Morgan fingerprint density at radius 1 is 0.853 bits per heavy atom. The van der Waals surface area contributed by atoms with Gasteiger partial charge in [-0.25, -0.2) is 4.98 Å². The molecule has 0 unspecified atom stereocenters. The molecule has 0 bridgehead atoms. The second-order valence-electron chi connectivity index (χ2n) is 8.22. The van der Waals surface area contributed by atoms with Crippen LogP contribution in [-0.2, 0) is 12.8 Å². The van der Waals surface area contributed by atoms with Crippen LogP contribution in [-0.4, -0.2) is 15.8 Å². The van der Waals surface area contributed by atoms with Crippen LogP contribution in [0.15, 0.2) is 78.9 Å². The van der Waals surface area contributed by atoms with E-state index in [1.165, 1.54) is 10.4 Å². The Kier molecular flexibility index (Phi) is 5.36. The van der Waals surface area contributed by atoms with E-state index in [-0.39, 0.29) is 5.78 Å². The summed E-state index contributed by atoms with van der Waals surface area (Å²) < 4.78 is 6.32. The molecule has 0 N–H and O–H groups in total. The molecule has 0 saturated heterocycles. The first-order chi connectivity index (χ1) is 16.7. The highest BCUT2D eigenvalue weighted by Gasteiger charge is 2.24. The van der Waals surface area contributed by atoms with Gasteiger partial charge in [0.2, 0.25) is 5.88 Å². The summed E-state index contributed by atoms with van der Waals surface area (Å²) in [7, 11) is 0. The van der Waals surface area contributed by atoms with Gasteiger partial charge in [-0.15, -0.1) is 11.3 Å². The number of fused-ring (bicyclic) bond motifs is 3. The molecule has 2 heterocycles. The average Bonchev–Trinajstić information content (AvgIpc) is 3.46. The zero-order valence-electron chi connectivity index (χ0n) is 18.1. The number of ether oxygens (including phenoxy) is 1. The summed E-state index contributed by atoms with van der Waals surface area (Å²) in [5.41, 5.74) is 3.46. The third-order valence-electron chi connectivity index (χ3n) is 6.00. The molecule has 5 aromatic rings. The van der Waals surface area contributed by atoms with Crippen molar-refractivity contribution in [3.8, 4) is 23.0 Å². The molecule has 0 aliphatic heterocycles. The molecule has 0 radical (unpaired) electrons. The van der Waals surface area contributed by atoms with E-state index < -0.39 is 0 Å². The van der Waals surface area contributed by atoms with Crippen LogP contribution in [0.4, 0.5) is 0 Å². The lowest BCUT2D eigenvalue weighted by Gasteiger charge is -2.10. The smallest absolute Gasteiger partial charge is 0.231 e. The second-order valence-corrected chi connectivity index (χ2v) is 9.74. The molecule has 1 aliphatic rings. The van der Waals surface area contributed by atoms with Gasteiger partial charge in [-0.05, 0) is 73.4 Å². The fraction of sp³-hybridized carbons (Fsp3) is 0.107. The Labute approximate surface area is 205 Å². The molecule has 1 aliphatic carbocycles. The quantitative estimate of drug-likeness (QED) is 0.243. The van der Waals surface area contributed by atoms with Gasteiger partial charge in [0.15, 0.2) is 11.6 Å². The molecule has 3 aromatic carbocycles. The van der Waals surface area contributed by atoms with Gasteiger partial charge in [-0.2, -0.15) is 4.98 Å². The number of hydrogen-bond donors (Lipinski definition) is 0. The molecule has 0 amide bonds.